The fraction of sp³-hybridized carbons (Fsp3) is 0.200. The van der Waals surface area contributed by atoms with Crippen LogP contribution in [0.25, 0.3) is 22.2 Å². The number of hydrogen-bond donors (Lipinski definition) is 0. The maximum Gasteiger partial charge on any atom is 0.255 e. The van der Waals surface area contributed by atoms with E-state index in [2.05, 4.69) is 13.2 Å². The van der Waals surface area contributed by atoms with E-state index in [-0.39, 0.29) is 5.91 Å². The van der Waals surface area contributed by atoms with Gasteiger partial charge in [0.25, 0.3) is 5.91 Å². The number of carbonyl (C=O) groups excluding carboxylic acids is 1. The minimum Gasteiger partial charge on any atom is -0.493 e. The lowest BCUT2D eigenvalue weighted by molar-refractivity contribution is 0.0792. The molecule has 0 fully saturated rings. The van der Waals surface area contributed by atoms with Crippen LogP contribution in [-0.2, 0) is 0 Å². The van der Waals surface area contributed by atoms with Crippen molar-refractivity contribution in [3.63, 3.8) is 0 Å². The van der Waals surface area contributed by atoms with Gasteiger partial charge in [-0.15, -0.1) is 13.2 Å². The molecule has 0 unspecified atom stereocenters. The molecule has 0 radical (unpaired) electrons. The van der Waals surface area contributed by atoms with Crippen molar-refractivity contribution in [2.24, 2.45) is 0 Å². The van der Waals surface area contributed by atoms with E-state index in [1.165, 1.54) is 0 Å². The Morgan fingerprint density at radius 1 is 0.968 bits per heavy atom. The predicted octanol–water partition coefficient (Wildman–Crippen LogP) is 4.74. The fourth-order valence-corrected chi connectivity index (χ4v) is 3.45. The number of hydrogen-bond acceptors (Lipinski definition) is 5. The molecular weight excluding hydrogens is 392 g/mol. The van der Waals surface area contributed by atoms with Crippen LogP contribution < -0.4 is 14.2 Å². The van der Waals surface area contributed by atoms with E-state index in [4.69, 9.17) is 19.2 Å². The summed E-state index contributed by atoms with van der Waals surface area (Å²) < 4.78 is 16.4. The third-order valence-electron chi connectivity index (χ3n) is 4.89. The van der Waals surface area contributed by atoms with Gasteiger partial charge in [0.1, 0.15) is 0 Å². The Kier molecular flexibility index (Phi) is 6.92. The van der Waals surface area contributed by atoms with E-state index >= 15 is 0 Å². The molecule has 1 amide bonds. The predicted molar refractivity (Wildman–Crippen MR) is 123 cm³/mol. The molecule has 2 aromatic carbocycles. The van der Waals surface area contributed by atoms with E-state index in [1.807, 2.05) is 36.4 Å². The van der Waals surface area contributed by atoms with Crippen LogP contribution in [0.2, 0.25) is 0 Å². The smallest absolute Gasteiger partial charge is 0.255 e. The number of methoxy groups -OCH3 is 3. The lowest BCUT2D eigenvalue weighted by Gasteiger charge is -2.21. The lowest BCUT2D eigenvalue weighted by Crippen LogP contribution is -2.31. The number of aromatic nitrogens is 1. The Hall–Kier alpha value is -3.80. The number of fused-ring (bicyclic) bond motifs is 1. The maximum atomic E-state index is 13.4. The molecule has 0 N–H and O–H groups in total. The van der Waals surface area contributed by atoms with E-state index in [0.29, 0.717) is 47.1 Å². The van der Waals surface area contributed by atoms with Gasteiger partial charge in [0.15, 0.2) is 11.5 Å². The first kappa shape index (κ1) is 21.9. The number of pyridine rings is 1. The number of rotatable bonds is 9. The standard InChI is InChI=1S/C25H26N2O4/c1-6-12-27(13-7-2)25(28)19-16-21(26-20-11-9-8-10-18(19)20)17-14-22(29-3)24(31-5)23(15-17)30-4/h6-11,14-16H,1-2,12-13H2,3-5H3. The van der Waals surface area contributed by atoms with E-state index in [1.54, 1.807) is 44.4 Å². The normalized spacial score (nSPS) is 10.4. The molecule has 0 saturated carbocycles. The largest absolute Gasteiger partial charge is 0.493 e. The molecule has 0 aliphatic rings. The van der Waals surface area contributed by atoms with Gasteiger partial charge in [-0.25, -0.2) is 4.98 Å². The van der Waals surface area contributed by atoms with Gasteiger partial charge < -0.3 is 19.1 Å². The van der Waals surface area contributed by atoms with Crippen LogP contribution in [-0.4, -0.2) is 50.2 Å². The minimum absolute atomic E-state index is 0.118. The molecule has 3 rings (SSSR count). The van der Waals surface area contributed by atoms with Crippen molar-refractivity contribution in [3.8, 4) is 28.5 Å². The molecule has 6 heteroatoms. The van der Waals surface area contributed by atoms with Crippen LogP contribution >= 0.6 is 0 Å². The molecule has 0 aliphatic carbocycles. The van der Waals surface area contributed by atoms with Gasteiger partial charge in [0.2, 0.25) is 5.75 Å². The molecule has 1 heterocycles. The van der Waals surface area contributed by atoms with Crippen LogP contribution in [0.4, 0.5) is 0 Å². The first-order valence-electron chi connectivity index (χ1n) is 9.79. The summed E-state index contributed by atoms with van der Waals surface area (Å²) in [7, 11) is 4.68. The first-order chi connectivity index (χ1) is 15.1. The highest BCUT2D eigenvalue weighted by Gasteiger charge is 2.20. The van der Waals surface area contributed by atoms with Crippen molar-refractivity contribution in [1.29, 1.82) is 0 Å². The van der Waals surface area contributed by atoms with E-state index in [0.717, 1.165) is 10.9 Å². The summed E-state index contributed by atoms with van der Waals surface area (Å²) in [5.74, 6) is 1.40. The Balaban J connectivity index is 2.23. The summed E-state index contributed by atoms with van der Waals surface area (Å²) in [4.78, 5) is 19.9. The van der Waals surface area contributed by atoms with E-state index in [9.17, 15) is 4.79 Å². The van der Waals surface area contributed by atoms with E-state index < -0.39 is 0 Å². The van der Waals surface area contributed by atoms with Crippen LogP contribution in [0.5, 0.6) is 17.2 Å². The first-order valence-corrected chi connectivity index (χ1v) is 9.79. The second kappa shape index (κ2) is 9.80. The molecule has 3 aromatic rings. The Labute approximate surface area is 182 Å². The molecule has 0 aliphatic heterocycles. The van der Waals surface area contributed by atoms with Crippen molar-refractivity contribution in [3.05, 3.63) is 73.3 Å². The summed E-state index contributed by atoms with van der Waals surface area (Å²) in [6.07, 6.45) is 3.40. The quantitative estimate of drug-likeness (QED) is 0.470. The number of ether oxygens (including phenoxy) is 3. The van der Waals surface area contributed by atoms with Crippen LogP contribution in [0.15, 0.2) is 67.8 Å². The third kappa shape index (κ3) is 4.38. The topological polar surface area (TPSA) is 60.9 Å². The van der Waals surface area contributed by atoms with Crippen molar-refractivity contribution in [2.45, 2.75) is 0 Å². The zero-order valence-corrected chi connectivity index (χ0v) is 18.1. The van der Waals surface area contributed by atoms with Gasteiger partial charge in [-0.3, -0.25) is 4.79 Å². The second-order valence-corrected chi connectivity index (χ2v) is 6.77. The van der Waals surface area contributed by atoms with Gasteiger partial charge >= 0.3 is 0 Å². The summed E-state index contributed by atoms with van der Waals surface area (Å²) in [5, 5.41) is 0.779. The van der Waals surface area contributed by atoms with Gasteiger partial charge in [-0.2, -0.15) is 0 Å². The van der Waals surface area contributed by atoms with Crippen molar-refractivity contribution in [2.75, 3.05) is 34.4 Å². The Morgan fingerprint density at radius 2 is 1.58 bits per heavy atom. The fourth-order valence-electron chi connectivity index (χ4n) is 3.45. The van der Waals surface area contributed by atoms with Gasteiger partial charge in [0, 0.05) is 24.0 Å². The third-order valence-corrected chi connectivity index (χ3v) is 4.89. The second-order valence-electron chi connectivity index (χ2n) is 6.77. The summed E-state index contributed by atoms with van der Waals surface area (Å²) in [6, 6.07) is 13.0. The molecule has 0 saturated heterocycles. The zero-order chi connectivity index (χ0) is 22.4. The average molecular weight is 418 g/mol. The van der Waals surface area contributed by atoms with Crippen LogP contribution in [0, 0.1) is 0 Å². The SMILES string of the molecule is C=CCN(CC=C)C(=O)c1cc(-c2cc(OC)c(OC)c(OC)c2)nc2ccccc12. The molecule has 6 nitrogen and oxygen atoms in total. The molecular formula is C25H26N2O4. The maximum absolute atomic E-state index is 13.4. The lowest BCUT2D eigenvalue weighted by atomic mass is 10.0. The van der Waals surface area contributed by atoms with Crippen LogP contribution in [0.1, 0.15) is 10.4 Å². The number of benzene rings is 2. The zero-order valence-electron chi connectivity index (χ0n) is 18.1. The molecule has 0 spiro atoms. The highest BCUT2D eigenvalue weighted by molar-refractivity contribution is 6.07. The molecule has 160 valence electrons. The number of amides is 1. The highest BCUT2D eigenvalue weighted by atomic mass is 16.5. The van der Waals surface area contributed by atoms with Gasteiger partial charge in [-0.05, 0) is 24.3 Å². The molecule has 0 atom stereocenters. The monoisotopic (exact) mass is 418 g/mol. The average Bonchev–Trinajstić information content (AvgIpc) is 2.81. The molecule has 0 bridgehead atoms. The highest BCUT2D eigenvalue weighted by Crippen LogP contribution is 2.41. The summed E-state index contributed by atoms with van der Waals surface area (Å²) in [6.45, 7) is 8.36. The Morgan fingerprint density at radius 3 is 2.13 bits per heavy atom. The number of para-hydroxylation sites is 1. The molecule has 31 heavy (non-hydrogen) atoms. The number of nitrogens with zero attached hydrogens (tertiary/aromatic N) is 2. The minimum atomic E-state index is -0.118. The van der Waals surface area contributed by atoms with Crippen molar-refractivity contribution in [1.82, 2.24) is 9.88 Å². The number of carbonyl (C=O) groups is 1. The van der Waals surface area contributed by atoms with Crippen molar-refractivity contribution < 1.29 is 19.0 Å². The van der Waals surface area contributed by atoms with Crippen LogP contribution in [0.3, 0.4) is 0 Å². The molecule has 1 aromatic heterocycles. The van der Waals surface area contributed by atoms with Gasteiger partial charge in [-0.1, -0.05) is 30.4 Å². The summed E-state index contributed by atoms with van der Waals surface area (Å²) >= 11 is 0. The summed E-state index contributed by atoms with van der Waals surface area (Å²) in [5.41, 5.74) is 2.64. The van der Waals surface area contributed by atoms with Crippen molar-refractivity contribution >= 4 is 16.8 Å². The van der Waals surface area contributed by atoms with Gasteiger partial charge in [0.05, 0.1) is 38.1 Å². The Bertz CT molecular complexity index is 1090.